The average molecular weight is 229 g/mol. The normalized spacial score (nSPS) is 15.2. The number of likely N-dealkylation sites (N-methyl/N-ethyl adjacent to an activating group) is 1. The lowest BCUT2D eigenvalue weighted by Gasteiger charge is -2.39. The standard InChI is InChI=1S/C12H27N3O/c1-6-12(5,9-13)15(7-2)8-11(16)14-10(3)4/h10H,6-9,13H2,1-5H3,(H,14,16). The van der Waals surface area contributed by atoms with Crippen LogP contribution in [0.3, 0.4) is 0 Å². The molecule has 0 aromatic rings. The van der Waals surface area contributed by atoms with E-state index in [2.05, 4.69) is 31.0 Å². The van der Waals surface area contributed by atoms with Crippen molar-refractivity contribution in [2.45, 2.75) is 52.6 Å². The molecular formula is C12H27N3O. The first-order valence-corrected chi connectivity index (χ1v) is 6.14. The van der Waals surface area contributed by atoms with E-state index in [1.165, 1.54) is 0 Å². The fourth-order valence-corrected chi connectivity index (χ4v) is 1.72. The number of hydrogen-bond acceptors (Lipinski definition) is 3. The van der Waals surface area contributed by atoms with Crippen LogP contribution in [-0.4, -0.2) is 42.0 Å². The Balaban J connectivity index is 4.45. The van der Waals surface area contributed by atoms with E-state index in [0.717, 1.165) is 13.0 Å². The van der Waals surface area contributed by atoms with E-state index in [1.54, 1.807) is 0 Å². The Morgan fingerprint density at radius 3 is 2.31 bits per heavy atom. The molecule has 0 aliphatic rings. The third-order valence-electron chi connectivity index (χ3n) is 3.13. The molecule has 0 saturated carbocycles. The van der Waals surface area contributed by atoms with E-state index in [9.17, 15) is 4.79 Å². The van der Waals surface area contributed by atoms with E-state index in [1.807, 2.05) is 13.8 Å². The molecule has 3 N–H and O–H groups in total. The summed E-state index contributed by atoms with van der Waals surface area (Å²) in [5.41, 5.74) is 5.72. The molecule has 0 saturated heterocycles. The Kier molecular flexibility index (Phi) is 6.60. The summed E-state index contributed by atoms with van der Waals surface area (Å²) in [7, 11) is 0. The summed E-state index contributed by atoms with van der Waals surface area (Å²) < 4.78 is 0. The number of amides is 1. The second-order valence-corrected chi connectivity index (χ2v) is 4.79. The van der Waals surface area contributed by atoms with Crippen molar-refractivity contribution in [1.29, 1.82) is 0 Å². The van der Waals surface area contributed by atoms with Crippen molar-refractivity contribution in [3.05, 3.63) is 0 Å². The second kappa shape index (κ2) is 6.86. The van der Waals surface area contributed by atoms with E-state index in [0.29, 0.717) is 13.1 Å². The first-order chi connectivity index (χ1) is 7.39. The molecule has 0 heterocycles. The van der Waals surface area contributed by atoms with Crippen LogP contribution in [0, 0.1) is 0 Å². The minimum absolute atomic E-state index is 0.0741. The topological polar surface area (TPSA) is 58.4 Å². The van der Waals surface area contributed by atoms with Crippen LogP contribution in [0.2, 0.25) is 0 Å². The number of rotatable bonds is 7. The highest BCUT2D eigenvalue weighted by Crippen LogP contribution is 2.17. The van der Waals surface area contributed by atoms with Gasteiger partial charge in [0.1, 0.15) is 0 Å². The van der Waals surface area contributed by atoms with E-state index in [-0.39, 0.29) is 17.5 Å². The van der Waals surface area contributed by atoms with Crippen LogP contribution < -0.4 is 11.1 Å². The molecule has 0 aromatic heterocycles. The van der Waals surface area contributed by atoms with Crippen LogP contribution >= 0.6 is 0 Å². The molecule has 1 unspecified atom stereocenters. The Morgan fingerprint density at radius 2 is 2.00 bits per heavy atom. The molecule has 0 radical (unpaired) electrons. The molecule has 4 nitrogen and oxygen atoms in total. The number of carbonyl (C=O) groups excluding carboxylic acids is 1. The fraction of sp³-hybridized carbons (Fsp3) is 0.917. The Morgan fingerprint density at radius 1 is 1.44 bits per heavy atom. The van der Waals surface area contributed by atoms with Crippen molar-refractivity contribution in [1.82, 2.24) is 10.2 Å². The summed E-state index contributed by atoms with van der Waals surface area (Å²) in [6, 6.07) is 0.192. The number of nitrogens with one attached hydrogen (secondary N) is 1. The summed E-state index contributed by atoms with van der Waals surface area (Å²) in [4.78, 5) is 13.9. The van der Waals surface area contributed by atoms with Crippen molar-refractivity contribution in [3.8, 4) is 0 Å². The number of hydrogen-bond donors (Lipinski definition) is 2. The first-order valence-electron chi connectivity index (χ1n) is 6.14. The van der Waals surface area contributed by atoms with E-state index < -0.39 is 0 Å². The van der Waals surface area contributed by atoms with Gasteiger partial charge in [0, 0.05) is 18.1 Å². The number of nitrogens with two attached hydrogens (primary N) is 1. The largest absolute Gasteiger partial charge is 0.353 e. The summed E-state index contributed by atoms with van der Waals surface area (Å²) in [6.07, 6.45) is 0.951. The summed E-state index contributed by atoms with van der Waals surface area (Å²) in [5, 5.41) is 2.91. The Hall–Kier alpha value is -0.610. The molecule has 0 rings (SSSR count). The van der Waals surface area contributed by atoms with Crippen molar-refractivity contribution in [2.24, 2.45) is 5.73 Å². The average Bonchev–Trinajstić information content (AvgIpc) is 2.23. The molecule has 0 fully saturated rings. The maximum atomic E-state index is 11.7. The van der Waals surface area contributed by atoms with Gasteiger partial charge in [-0.1, -0.05) is 13.8 Å². The maximum Gasteiger partial charge on any atom is 0.234 e. The molecule has 0 aliphatic heterocycles. The van der Waals surface area contributed by atoms with Gasteiger partial charge in [0.25, 0.3) is 0 Å². The van der Waals surface area contributed by atoms with Gasteiger partial charge in [0.15, 0.2) is 0 Å². The zero-order valence-electron chi connectivity index (χ0n) is 11.3. The lowest BCUT2D eigenvalue weighted by Crippen LogP contribution is -2.54. The van der Waals surface area contributed by atoms with Gasteiger partial charge in [-0.15, -0.1) is 0 Å². The molecule has 4 heteroatoms. The third kappa shape index (κ3) is 4.49. The van der Waals surface area contributed by atoms with Gasteiger partial charge in [-0.05, 0) is 33.7 Å². The van der Waals surface area contributed by atoms with Crippen LogP contribution in [0.5, 0.6) is 0 Å². The predicted octanol–water partition coefficient (Wildman–Crippen LogP) is 0.960. The molecule has 0 spiro atoms. The van der Waals surface area contributed by atoms with Crippen molar-refractivity contribution in [3.63, 3.8) is 0 Å². The van der Waals surface area contributed by atoms with Gasteiger partial charge in [-0.2, -0.15) is 0 Å². The zero-order valence-corrected chi connectivity index (χ0v) is 11.3. The van der Waals surface area contributed by atoms with Gasteiger partial charge in [-0.3, -0.25) is 9.69 Å². The number of carbonyl (C=O) groups is 1. The van der Waals surface area contributed by atoms with Crippen molar-refractivity contribution < 1.29 is 4.79 Å². The fourth-order valence-electron chi connectivity index (χ4n) is 1.72. The van der Waals surface area contributed by atoms with Crippen LogP contribution in [0.4, 0.5) is 0 Å². The maximum absolute atomic E-state index is 11.7. The highest BCUT2D eigenvalue weighted by Gasteiger charge is 2.28. The van der Waals surface area contributed by atoms with Gasteiger partial charge < -0.3 is 11.1 Å². The van der Waals surface area contributed by atoms with E-state index in [4.69, 9.17) is 5.73 Å². The summed E-state index contributed by atoms with van der Waals surface area (Å²) >= 11 is 0. The van der Waals surface area contributed by atoms with Crippen molar-refractivity contribution >= 4 is 5.91 Å². The highest BCUT2D eigenvalue weighted by atomic mass is 16.2. The van der Waals surface area contributed by atoms with E-state index >= 15 is 0 Å². The smallest absolute Gasteiger partial charge is 0.234 e. The lowest BCUT2D eigenvalue weighted by atomic mass is 9.96. The zero-order chi connectivity index (χ0) is 12.8. The molecular weight excluding hydrogens is 202 g/mol. The third-order valence-corrected chi connectivity index (χ3v) is 3.13. The Labute approximate surface area is 99.6 Å². The summed E-state index contributed by atoms with van der Waals surface area (Å²) in [5.74, 6) is 0.0741. The summed E-state index contributed by atoms with van der Waals surface area (Å²) in [6.45, 7) is 12.1. The molecule has 1 amide bonds. The van der Waals surface area contributed by atoms with Gasteiger partial charge in [0.05, 0.1) is 6.54 Å². The van der Waals surface area contributed by atoms with Crippen LogP contribution in [0.25, 0.3) is 0 Å². The lowest BCUT2D eigenvalue weighted by molar-refractivity contribution is -0.124. The Bertz CT molecular complexity index is 212. The second-order valence-electron chi connectivity index (χ2n) is 4.79. The first kappa shape index (κ1) is 15.4. The van der Waals surface area contributed by atoms with Crippen LogP contribution in [-0.2, 0) is 4.79 Å². The molecule has 1 atom stereocenters. The highest BCUT2D eigenvalue weighted by molar-refractivity contribution is 5.78. The number of nitrogens with zero attached hydrogens (tertiary/aromatic N) is 1. The molecule has 96 valence electrons. The van der Waals surface area contributed by atoms with Crippen molar-refractivity contribution in [2.75, 3.05) is 19.6 Å². The molecule has 0 aliphatic carbocycles. The van der Waals surface area contributed by atoms with Gasteiger partial charge >= 0.3 is 0 Å². The van der Waals surface area contributed by atoms with Crippen LogP contribution in [0.1, 0.15) is 41.0 Å². The minimum atomic E-state index is -0.0803. The molecule has 16 heavy (non-hydrogen) atoms. The SMILES string of the molecule is CCN(CC(=O)NC(C)C)C(C)(CC)CN. The predicted molar refractivity (Wildman–Crippen MR) is 68.3 cm³/mol. The molecule has 0 aromatic carbocycles. The van der Waals surface area contributed by atoms with Crippen LogP contribution in [0.15, 0.2) is 0 Å². The van der Waals surface area contributed by atoms with Gasteiger partial charge in [-0.25, -0.2) is 0 Å². The monoisotopic (exact) mass is 229 g/mol. The van der Waals surface area contributed by atoms with Gasteiger partial charge in [0.2, 0.25) is 5.91 Å². The quantitative estimate of drug-likeness (QED) is 0.683. The minimum Gasteiger partial charge on any atom is -0.353 e. The molecule has 0 bridgehead atoms.